The van der Waals surface area contributed by atoms with Gasteiger partial charge in [-0.1, -0.05) is 0 Å². The molecular formula is C6H4N3. The van der Waals surface area contributed by atoms with Crippen LogP contribution in [-0.2, 0) is 0 Å². The molecule has 0 atom stereocenters. The van der Waals surface area contributed by atoms with Gasteiger partial charge in [0.05, 0.1) is 6.20 Å². The van der Waals surface area contributed by atoms with Gasteiger partial charge in [0.15, 0.2) is 0 Å². The molecule has 0 aliphatic carbocycles. The molecule has 0 spiro atoms. The van der Waals surface area contributed by atoms with E-state index in [4.69, 9.17) is 5.26 Å². The Labute approximate surface area is 53.0 Å². The monoisotopic (exact) mass is 118 g/mol. The third-order valence-electron chi connectivity index (χ3n) is 0.824. The van der Waals surface area contributed by atoms with Crippen LogP contribution in [-0.4, -0.2) is 9.97 Å². The second-order valence-corrected chi connectivity index (χ2v) is 1.54. The van der Waals surface area contributed by atoms with Crippen LogP contribution in [0.15, 0.2) is 6.07 Å². The second kappa shape index (κ2) is 2.23. The molecule has 0 N–H and O–H groups in total. The lowest BCUT2D eigenvalue weighted by Gasteiger charge is -1.86. The molecule has 1 heterocycles. The van der Waals surface area contributed by atoms with Gasteiger partial charge in [-0.2, -0.15) is 5.26 Å². The van der Waals surface area contributed by atoms with Crippen LogP contribution in [0.3, 0.4) is 0 Å². The summed E-state index contributed by atoms with van der Waals surface area (Å²) in [6.07, 6.45) is 2.55. The van der Waals surface area contributed by atoms with E-state index in [-0.39, 0.29) is 0 Å². The summed E-state index contributed by atoms with van der Waals surface area (Å²) in [5.74, 6) is 0.578. The maximum Gasteiger partial charge on any atom is 0.144 e. The van der Waals surface area contributed by atoms with Crippen LogP contribution in [0.5, 0.6) is 0 Å². The van der Waals surface area contributed by atoms with Crippen molar-refractivity contribution in [2.45, 2.75) is 6.92 Å². The summed E-state index contributed by atoms with van der Waals surface area (Å²) >= 11 is 0. The molecule has 0 amide bonds. The summed E-state index contributed by atoms with van der Waals surface area (Å²) in [6, 6.07) is 3.34. The summed E-state index contributed by atoms with van der Waals surface area (Å²) in [6.45, 7) is 1.72. The molecule has 0 bridgehead atoms. The van der Waals surface area contributed by atoms with Crippen molar-refractivity contribution in [2.24, 2.45) is 0 Å². The van der Waals surface area contributed by atoms with E-state index < -0.39 is 0 Å². The van der Waals surface area contributed by atoms with Crippen LogP contribution in [0, 0.1) is 24.5 Å². The van der Waals surface area contributed by atoms with E-state index in [0.717, 1.165) is 0 Å². The van der Waals surface area contributed by atoms with Crippen LogP contribution >= 0.6 is 0 Å². The van der Waals surface area contributed by atoms with Crippen molar-refractivity contribution in [3.8, 4) is 6.07 Å². The maximum absolute atomic E-state index is 8.30. The zero-order valence-electron chi connectivity index (χ0n) is 4.92. The first-order valence-corrected chi connectivity index (χ1v) is 2.45. The van der Waals surface area contributed by atoms with Gasteiger partial charge in [-0.25, -0.2) is 9.97 Å². The van der Waals surface area contributed by atoms with Crippen molar-refractivity contribution in [3.05, 3.63) is 23.8 Å². The third-order valence-corrected chi connectivity index (χ3v) is 0.824. The fraction of sp³-hybridized carbons (Fsp3) is 0.167. The first kappa shape index (κ1) is 5.70. The topological polar surface area (TPSA) is 49.6 Å². The van der Waals surface area contributed by atoms with Crippen molar-refractivity contribution >= 4 is 0 Å². The summed E-state index contributed by atoms with van der Waals surface area (Å²) in [4.78, 5) is 7.49. The van der Waals surface area contributed by atoms with Gasteiger partial charge in [0.2, 0.25) is 0 Å². The molecule has 1 radical (unpaired) electrons. The van der Waals surface area contributed by atoms with Gasteiger partial charge in [0.25, 0.3) is 0 Å². The molecule has 43 valence electrons. The first-order chi connectivity index (χ1) is 4.33. The zero-order chi connectivity index (χ0) is 6.69. The van der Waals surface area contributed by atoms with E-state index in [2.05, 4.69) is 16.2 Å². The highest BCUT2D eigenvalue weighted by molar-refractivity contribution is 5.16. The molecule has 0 fully saturated rings. The number of hydrogen-bond acceptors (Lipinski definition) is 3. The maximum atomic E-state index is 8.30. The molecule has 1 rings (SSSR count). The van der Waals surface area contributed by atoms with Gasteiger partial charge in [-0.3, -0.25) is 0 Å². The zero-order valence-corrected chi connectivity index (χ0v) is 4.92. The molecule has 0 saturated carbocycles. The molecule has 0 aromatic carbocycles. The molecule has 1 aromatic heterocycles. The number of aryl methyl sites for hydroxylation is 1. The predicted octanol–water partition coefficient (Wildman–Crippen LogP) is 0.457. The minimum Gasteiger partial charge on any atom is -0.231 e. The molecule has 3 nitrogen and oxygen atoms in total. The van der Waals surface area contributed by atoms with Crippen molar-refractivity contribution in [2.75, 3.05) is 0 Å². The van der Waals surface area contributed by atoms with E-state index in [0.29, 0.717) is 11.5 Å². The van der Waals surface area contributed by atoms with Gasteiger partial charge in [-0.15, -0.1) is 0 Å². The summed E-state index contributed by atoms with van der Waals surface area (Å²) in [7, 11) is 0. The van der Waals surface area contributed by atoms with Crippen molar-refractivity contribution in [1.29, 1.82) is 5.26 Å². The minimum atomic E-state index is 0.363. The van der Waals surface area contributed by atoms with Gasteiger partial charge in [0, 0.05) is 6.07 Å². The Morgan fingerprint density at radius 2 is 2.56 bits per heavy atom. The molecule has 0 unspecified atom stereocenters. The van der Waals surface area contributed by atoms with Crippen LogP contribution in [0.4, 0.5) is 0 Å². The van der Waals surface area contributed by atoms with Gasteiger partial charge in [-0.05, 0) is 6.92 Å². The van der Waals surface area contributed by atoms with Gasteiger partial charge < -0.3 is 0 Å². The number of nitriles is 1. The standard InChI is InChI=1S/C6H4N3/c1-5-8-3-2-6(4-7)9-5/h2H,1H3. The molecule has 3 heteroatoms. The first-order valence-electron chi connectivity index (χ1n) is 2.45. The summed E-state index contributed by atoms with van der Waals surface area (Å²) < 4.78 is 0. The fourth-order valence-corrected chi connectivity index (χ4v) is 0.476. The molecule has 0 aliphatic rings. The van der Waals surface area contributed by atoms with Crippen molar-refractivity contribution < 1.29 is 0 Å². The van der Waals surface area contributed by atoms with Crippen LogP contribution in [0.2, 0.25) is 0 Å². The molecular weight excluding hydrogens is 114 g/mol. The second-order valence-electron chi connectivity index (χ2n) is 1.54. The number of nitrogens with zero attached hydrogens (tertiary/aromatic N) is 3. The summed E-state index contributed by atoms with van der Waals surface area (Å²) in [5, 5.41) is 8.30. The van der Waals surface area contributed by atoms with Crippen LogP contribution in [0.1, 0.15) is 11.5 Å². The summed E-state index contributed by atoms with van der Waals surface area (Å²) in [5.41, 5.74) is 0.363. The van der Waals surface area contributed by atoms with E-state index in [9.17, 15) is 0 Å². The Morgan fingerprint density at radius 3 is 3.00 bits per heavy atom. The van der Waals surface area contributed by atoms with Crippen LogP contribution < -0.4 is 0 Å². The van der Waals surface area contributed by atoms with Gasteiger partial charge >= 0.3 is 0 Å². The van der Waals surface area contributed by atoms with Crippen molar-refractivity contribution in [3.63, 3.8) is 0 Å². The molecule has 0 aliphatic heterocycles. The van der Waals surface area contributed by atoms with E-state index in [1.54, 1.807) is 6.92 Å². The molecule has 0 saturated heterocycles. The Morgan fingerprint density at radius 1 is 1.78 bits per heavy atom. The minimum absolute atomic E-state index is 0.363. The van der Waals surface area contributed by atoms with Crippen molar-refractivity contribution in [1.82, 2.24) is 9.97 Å². The highest BCUT2D eigenvalue weighted by atomic mass is 14.9. The molecule has 1 aromatic rings. The average molecular weight is 118 g/mol. The quantitative estimate of drug-likeness (QED) is 0.497. The number of hydrogen-bond donors (Lipinski definition) is 0. The lowest BCUT2D eigenvalue weighted by atomic mass is 10.4. The Balaban J connectivity index is 3.12. The Kier molecular flexibility index (Phi) is 1.41. The van der Waals surface area contributed by atoms with Crippen LogP contribution in [0.25, 0.3) is 0 Å². The van der Waals surface area contributed by atoms with E-state index >= 15 is 0 Å². The highest BCUT2D eigenvalue weighted by Gasteiger charge is 1.89. The Hall–Kier alpha value is -1.43. The SMILES string of the molecule is Cc1n[c]cc(C#N)n1. The third kappa shape index (κ3) is 1.23. The van der Waals surface area contributed by atoms with E-state index in [1.807, 2.05) is 6.07 Å². The molecule has 9 heavy (non-hydrogen) atoms. The predicted molar refractivity (Wildman–Crippen MR) is 30.3 cm³/mol. The highest BCUT2D eigenvalue weighted by Crippen LogP contribution is 1.89. The largest absolute Gasteiger partial charge is 0.231 e. The van der Waals surface area contributed by atoms with E-state index in [1.165, 1.54) is 6.07 Å². The average Bonchev–Trinajstić information content (AvgIpc) is 1.88. The Bertz CT molecular complexity index is 249. The smallest absolute Gasteiger partial charge is 0.144 e. The van der Waals surface area contributed by atoms with Gasteiger partial charge in [0.1, 0.15) is 17.6 Å². The lowest BCUT2D eigenvalue weighted by Crippen LogP contribution is -1.88. The lowest BCUT2D eigenvalue weighted by molar-refractivity contribution is 1.03. The number of rotatable bonds is 0. The normalized spacial score (nSPS) is 8.44. The number of aromatic nitrogens is 2. The fourth-order valence-electron chi connectivity index (χ4n) is 0.476.